The van der Waals surface area contributed by atoms with Gasteiger partial charge in [-0.25, -0.2) is 4.98 Å². The second-order valence-corrected chi connectivity index (χ2v) is 7.50. The van der Waals surface area contributed by atoms with Gasteiger partial charge in [-0.05, 0) is 36.5 Å². The summed E-state index contributed by atoms with van der Waals surface area (Å²) >= 11 is 0. The molecule has 0 radical (unpaired) electrons. The Bertz CT molecular complexity index is 824. The van der Waals surface area contributed by atoms with Crippen LogP contribution in [0.15, 0.2) is 36.4 Å². The molecular formula is C21H26N4O2. The van der Waals surface area contributed by atoms with Gasteiger partial charge in [-0.1, -0.05) is 30.3 Å². The third-order valence-electron chi connectivity index (χ3n) is 5.43. The van der Waals surface area contributed by atoms with Gasteiger partial charge in [0.15, 0.2) is 0 Å². The number of aliphatic hydroxyl groups excluding tert-OH is 1. The molecule has 0 spiro atoms. The summed E-state index contributed by atoms with van der Waals surface area (Å²) in [4.78, 5) is 21.1. The topological polar surface area (TPSA) is 82.7 Å². The molecule has 142 valence electrons. The van der Waals surface area contributed by atoms with Crippen molar-refractivity contribution < 1.29 is 9.90 Å². The highest BCUT2D eigenvalue weighted by molar-refractivity contribution is 5.98. The maximum Gasteiger partial charge on any atom is 0.252 e. The van der Waals surface area contributed by atoms with Crippen LogP contribution in [0, 0.1) is 0 Å². The van der Waals surface area contributed by atoms with Gasteiger partial charge in [0.25, 0.3) is 5.91 Å². The lowest BCUT2D eigenvalue weighted by molar-refractivity contribution is 0.0999. The van der Waals surface area contributed by atoms with Crippen molar-refractivity contribution in [1.82, 2.24) is 9.88 Å². The summed E-state index contributed by atoms with van der Waals surface area (Å²) < 4.78 is 0. The number of amides is 1. The Morgan fingerprint density at radius 3 is 2.78 bits per heavy atom. The summed E-state index contributed by atoms with van der Waals surface area (Å²) in [7, 11) is 0. The maximum absolute atomic E-state index is 12.0. The standard InChI is InChI=1S/C21H26N4O2/c22-20(27)18-11-16-7-4-8-19(16)23-21(18)25-10-9-24(13-17(26)14-25)12-15-5-2-1-3-6-15/h1-3,5-6,11,17,26H,4,7-10,12-14H2,(H2,22,27)/t17-/m1/s1. The molecule has 0 saturated carbocycles. The van der Waals surface area contributed by atoms with Gasteiger partial charge in [-0.15, -0.1) is 0 Å². The van der Waals surface area contributed by atoms with Gasteiger partial charge >= 0.3 is 0 Å². The minimum atomic E-state index is -0.507. The van der Waals surface area contributed by atoms with Crippen LogP contribution >= 0.6 is 0 Å². The molecule has 1 aliphatic carbocycles. The summed E-state index contributed by atoms with van der Waals surface area (Å²) in [6.45, 7) is 3.35. The van der Waals surface area contributed by atoms with Crippen LogP contribution in [0.2, 0.25) is 0 Å². The van der Waals surface area contributed by atoms with Crippen LogP contribution < -0.4 is 10.6 Å². The molecule has 2 heterocycles. The lowest BCUT2D eigenvalue weighted by Gasteiger charge is -2.25. The molecule has 2 aromatic rings. The summed E-state index contributed by atoms with van der Waals surface area (Å²) in [5, 5.41) is 10.6. The highest BCUT2D eigenvalue weighted by Gasteiger charge is 2.27. The number of anilines is 1. The number of nitrogens with zero attached hydrogens (tertiary/aromatic N) is 3. The highest BCUT2D eigenvalue weighted by Crippen LogP contribution is 2.28. The predicted molar refractivity (Wildman–Crippen MR) is 105 cm³/mol. The number of rotatable bonds is 4. The van der Waals surface area contributed by atoms with E-state index in [2.05, 4.69) is 17.0 Å². The number of aryl methyl sites for hydroxylation is 2. The first-order valence-electron chi connectivity index (χ1n) is 9.62. The monoisotopic (exact) mass is 366 g/mol. The number of hydrogen-bond acceptors (Lipinski definition) is 5. The number of benzene rings is 1. The fraction of sp³-hybridized carbons (Fsp3) is 0.429. The van der Waals surface area contributed by atoms with Crippen LogP contribution in [0.1, 0.15) is 33.6 Å². The molecule has 4 rings (SSSR count). The third-order valence-corrected chi connectivity index (χ3v) is 5.43. The van der Waals surface area contributed by atoms with Gasteiger partial charge in [0, 0.05) is 38.4 Å². The van der Waals surface area contributed by atoms with Gasteiger partial charge in [-0.3, -0.25) is 9.69 Å². The number of β-amino-alcohol motifs (C(OH)–C–C–N with tert-alkyl or cyclic N) is 1. The number of fused-ring (bicyclic) bond motifs is 1. The molecule has 6 heteroatoms. The molecule has 1 aromatic carbocycles. The van der Waals surface area contributed by atoms with E-state index < -0.39 is 12.0 Å². The third kappa shape index (κ3) is 3.96. The molecule has 2 aliphatic rings. The van der Waals surface area contributed by atoms with Crippen molar-refractivity contribution in [2.45, 2.75) is 31.9 Å². The molecule has 0 unspecified atom stereocenters. The first-order valence-corrected chi connectivity index (χ1v) is 9.62. The number of primary amides is 1. The van der Waals surface area contributed by atoms with Gasteiger partial charge in [0.1, 0.15) is 5.82 Å². The summed E-state index contributed by atoms with van der Waals surface area (Å²) in [6, 6.07) is 12.2. The Kier molecular flexibility index (Phi) is 5.09. The smallest absolute Gasteiger partial charge is 0.252 e. The van der Waals surface area contributed by atoms with Crippen molar-refractivity contribution in [2.75, 3.05) is 31.1 Å². The van der Waals surface area contributed by atoms with Crippen molar-refractivity contribution >= 4 is 11.7 Å². The molecule has 3 N–H and O–H groups in total. The average molecular weight is 366 g/mol. The van der Waals surface area contributed by atoms with Crippen LogP contribution in [0.25, 0.3) is 0 Å². The first-order chi connectivity index (χ1) is 13.1. The van der Waals surface area contributed by atoms with E-state index >= 15 is 0 Å². The van der Waals surface area contributed by atoms with E-state index in [1.165, 1.54) is 5.56 Å². The van der Waals surface area contributed by atoms with E-state index in [4.69, 9.17) is 10.7 Å². The second-order valence-electron chi connectivity index (χ2n) is 7.50. The number of hydrogen-bond donors (Lipinski definition) is 2. The van der Waals surface area contributed by atoms with Gasteiger partial charge in [0.05, 0.1) is 11.7 Å². The van der Waals surface area contributed by atoms with Gasteiger partial charge in [0.2, 0.25) is 0 Å². The van der Waals surface area contributed by atoms with Gasteiger partial charge in [-0.2, -0.15) is 0 Å². The number of aliphatic hydroxyl groups is 1. The minimum Gasteiger partial charge on any atom is -0.390 e. The summed E-state index contributed by atoms with van der Waals surface area (Å²) in [6.07, 6.45) is 2.46. The Hall–Kier alpha value is -2.44. The molecule has 1 aromatic heterocycles. The highest BCUT2D eigenvalue weighted by atomic mass is 16.3. The van der Waals surface area contributed by atoms with Crippen molar-refractivity contribution in [2.24, 2.45) is 5.73 Å². The van der Waals surface area contributed by atoms with E-state index in [-0.39, 0.29) is 0 Å². The Labute approximate surface area is 159 Å². The molecule has 6 nitrogen and oxygen atoms in total. The minimum absolute atomic E-state index is 0.452. The summed E-state index contributed by atoms with van der Waals surface area (Å²) in [5.74, 6) is 0.177. The molecule has 1 aliphatic heterocycles. The molecule has 1 amide bonds. The lowest BCUT2D eigenvalue weighted by Crippen LogP contribution is -2.35. The number of pyridine rings is 1. The average Bonchev–Trinajstić information content (AvgIpc) is 3.04. The van der Waals surface area contributed by atoms with Crippen molar-refractivity contribution in [1.29, 1.82) is 0 Å². The molecule has 1 atom stereocenters. The molecular weight excluding hydrogens is 340 g/mol. The fourth-order valence-electron chi connectivity index (χ4n) is 4.12. The van der Waals surface area contributed by atoms with E-state index in [9.17, 15) is 9.90 Å². The van der Waals surface area contributed by atoms with Gasteiger partial charge < -0.3 is 15.7 Å². The van der Waals surface area contributed by atoms with E-state index in [0.29, 0.717) is 31.0 Å². The van der Waals surface area contributed by atoms with Crippen LogP contribution in [-0.4, -0.2) is 53.2 Å². The predicted octanol–water partition coefficient (Wildman–Crippen LogP) is 1.35. The zero-order valence-corrected chi connectivity index (χ0v) is 15.5. The number of carbonyl (C=O) groups is 1. The van der Waals surface area contributed by atoms with Crippen molar-refractivity contribution in [3.8, 4) is 0 Å². The Morgan fingerprint density at radius 1 is 1.19 bits per heavy atom. The lowest BCUT2D eigenvalue weighted by atomic mass is 10.1. The summed E-state index contributed by atoms with van der Waals surface area (Å²) in [5.41, 5.74) is 9.54. The van der Waals surface area contributed by atoms with Crippen LogP contribution in [-0.2, 0) is 19.4 Å². The van der Waals surface area contributed by atoms with Crippen LogP contribution in [0.5, 0.6) is 0 Å². The zero-order valence-electron chi connectivity index (χ0n) is 15.5. The van der Waals surface area contributed by atoms with Crippen molar-refractivity contribution in [3.05, 3.63) is 58.8 Å². The Balaban J connectivity index is 1.56. The SMILES string of the molecule is NC(=O)c1cc2c(nc1N1CCN(Cc3ccccc3)C[C@@H](O)C1)CCC2. The molecule has 1 fully saturated rings. The van der Waals surface area contributed by atoms with E-state index in [1.54, 1.807) is 0 Å². The first kappa shape index (κ1) is 17.9. The van der Waals surface area contributed by atoms with Crippen LogP contribution in [0.3, 0.4) is 0 Å². The normalized spacial score (nSPS) is 20.3. The van der Waals surface area contributed by atoms with E-state index in [0.717, 1.165) is 43.6 Å². The van der Waals surface area contributed by atoms with Crippen LogP contribution in [0.4, 0.5) is 5.82 Å². The van der Waals surface area contributed by atoms with Crippen molar-refractivity contribution in [3.63, 3.8) is 0 Å². The maximum atomic E-state index is 12.0. The Morgan fingerprint density at radius 2 is 2.00 bits per heavy atom. The molecule has 1 saturated heterocycles. The fourth-order valence-corrected chi connectivity index (χ4v) is 4.12. The van der Waals surface area contributed by atoms with E-state index in [1.807, 2.05) is 29.2 Å². The number of carbonyl (C=O) groups excluding carboxylic acids is 1. The zero-order chi connectivity index (χ0) is 18.8. The number of aromatic nitrogens is 1. The second kappa shape index (κ2) is 7.66. The number of nitrogens with two attached hydrogens (primary N) is 1. The largest absolute Gasteiger partial charge is 0.390 e. The molecule has 0 bridgehead atoms. The molecule has 27 heavy (non-hydrogen) atoms. The quantitative estimate of drug-likeness (QED) is 0.854.